The monoisotopic (exact) mass is 192 g/mol. The Kier molecular flexibility index (Phi) is 1.69. The fraction of sp³-hybridized carbons (Fsp3) is 0.846. The topological polar surface area (TPSA) is 20.2 Å². The van der Waals surface area contributed by atoms with Gasteiger partial charge in [0.25, 0.3) is 0 Å². The van der Waals surface area contributed by atoms with Crippen molar-refractivity contribution in [2.75, 3.05) is 0 Å². The summed E-state index contributed by atoms with van der Waals surface area (Å²) in [7, 11) is 0. The van der Waals surface area contributed by atoms with Gasteiger partial charge in [0.15, 0.2) is 0 Å². The number of hydrogen-bond acceptors (Lipinski definition) is 1. The number of fused-ring (bicyclic) bond motifs is 5. The van der Waals surface area contributed by atoms with Crippen LogP contribution in [-0.4, -0.2) is 10.7 Å². The molecule has 3 aliphatic rings. The zero-order valence-corrected chi connectivity index (χ0v) is 9.00. The maximum Gasteiger partial charge on any atom is 0.0885 e. The normalized spacial score (nSPS) is 55.0. The van der Waals surface area contributed by atoms with E-state index in [9.17, 15) is 5.11 Å². The van der Waals surface area contributed by atoms with E-state index in [-0.39, 0.29) is 0 Å². The molecule has 0 heterocycles. The molecule has 3 saturated carbocycles. The van der Waals surface area contributed by atoms with E-state index in [1.807, 2.05) is 6.92 Å². The van der Waals surface area contributed by atoms with Crippen molar-refractivity contribution in [2.45, 2.75) is 44.6 Å². The van der Waals surface area contributed by atoms with Crippen LogP contribution in [0.4, 0.5) is 0 Å². The predicted octanol–water partition coefficient (Wildman–Crippen LogP) is 2.75. The molecule has 1 nitrogen and oxygen atoms in total. The third-order valence-electron chi connectivity index (χ3n) is 5.23. The molecule has 14 heavy (non-hydrogen) atoms. The SMILES string of the molecule is C=C(C)C1(O)CC2CC1C1CCCC21. The first-order valence-electron chi connectivity index (χ1n) is 6.01. The van der Waals surface area contributed by atoms with Crippen LogP contribution in [0.15, 0.2) is 12.2 Å². The van der Waals surface area contributed by atoms with Crippen molar-refractivity contribution < 1.29 is 5.11 Å². The highest BCUT2D eigenvalue weighted by Gasteiger charge is 2.60. The third-order valence-corrected chi connectivity index (χ3v) is 5.23. The standard InChI is InChI=1S/C13H20O/c1-8(2)13(14)7-9-6-12(13)11-5-3-4-10(9)11/h9-12,14H,1,3-7H2,2H3. The van der Waals surface area contributed by atoms with Crippen molar-refractivity contribution in [2.24, 2.45) is 23.7 Å². The summed E-state index contributed by atoms with van der Waals surface area (Å²) in [5.41, 5.74) is 0.520. The second-order valence-electron chi connectivity index (χ2n) is 5.77. The molecular weight excluding hydrogens is 172 g/mol. The Labute approximate surface area is 86.2 Å². The van der Waals surface area contributed by atoms with Crippen LogP contribution in [-0.2, 0) is 0 Å². The molecule has 0 radical (unpaired) electrons. The fourth-order valence-electron chi connectivity index (χ4n) is 4.60. The molecule has 0 aromatic carbocycles. The minimum absolute atomic E-state index is 0.490. The molecule has 0 spiro atoms. The Morgan fingerprint density at radius 1 is 1.36 bits per heavy atom. The Morgan fingerprint density at radius 3 is 2.79 bits per heavy atom. The van der Waals surface area contributed by atoms with Gasteiger partial charge in [-0.2, -0.15) is 0 Å². The van der Waals surface area contributed by atoms with E-state index >= 15 is 0 Å². The molecule has 0 aromatic rings. The van der Waals surface area contributed by atoms with Crippen molar-refractivity contribution in [3.8, 4) is 0 Å². The van der Waals surface area contributed by atoms with E-state index in [1.165, 1.54) is 25.7 Å². The molecule has 0 aliphatic heterocycles. The molecule has 0 saturated heterocycles. The van der Waals surface area contributed by atoms with Crippen molar-refractivity contribution in [3.63, 3.8) is 0 Å². The number of aliphatic hydroxyl groups is 1. The highest BCUT2D eigenvalue weighted by Crippen LogP contribution is 2.63. The average Bonchev–Trinajstić information content (AvgIpc) is 2.71. The highest BCUT2D eigenvalue weighted by atomic mass is 16.3. The summed E-state index contributed by atoms with van der Waals surface area (Å²) in [4.78, 5) is 0. The molecule has 0 aromatic heterocycles. The summed E-state index contributed by atoms with van der Waals surface area (Å²) >= 11 is 0. The molecule has 3 fully saturated rings. The Bertz CT molecular complexity index is 283. The predicted molar refractivity (Wildman–Crippen MR) is 56.8 cm³/mol. The van der Waals surface area contributed by atoms with Crippen LogP contribution in [0.2, 0.25) is 0 Å². The van der Waals surface area contributed by atoms with Crippen molar-refractivity contribution in [1.29, 1.82) is 0 Å². The lowest BCUT2D eigenvalue weighted by atomic mass is 9.70. The minimum Gasteiger partial charge on any atom is -0.385 e. The second kappa shape index (κ2) is 2.63. The van der Waals surface area contributed by atoms with Crippen LogP contribution >= 0.6 is 0 Å². The van der Waals surface area contributed by atoms with Gasteiger partial charge in [-0.1, -0.05) is 13.0 Å². The van der Waals surface area contributed by atoms with Crippen LogP contribution < -0.4 is 0 Å². The van der Waals surface area contributed by atoms with Crippen LogP contribution in [0.5, 0.6) is 0 Å². The van der Waals surface area contributed by atoms with E-state index in [2.05, 4.69) is 6.58 Å². The third kappa shape index (κ3) is 0.894. The van der Waals surface area contributed by atoms with E-state index in [0.717, 1.165) is 29.7 Å². The van der Waals surface area contributed by atoms with Gasteiger partial charge in [-0.05, 0) is 61.9 Å². The van der Waals surface area contributed by atoms with E-state index in [0.29, 0.717) is 5.92 Å². The maximum absolute atomic E-state index is 10.6. The lowest BCUT2D eigenvalue weighted by Crippen LogP contribution is -2.42. The Hall–Kier alpha value is -0.300. The zero-order chi connectivity index (χ0) is 9.92. The molecule has 78 valence electrons. The largest absolute Gasteiger partial charge is 0.385 e. The summed E-state index contributed by atoms with van der Waals surface area (Å²) in [6.07, 6.45) is 6.47. The fourth-order valence-corrected chi connectivity index (χ4v) is 4.60. The quantitative estimate of drug-likeness (QED) is 0.633. The molecule has 5 unspecified atom stereocenters. The van der Waals surface area contributed by atoms with Gasteiger partial charge in [0.1, 0.15) is 0 Å². The zero-order valence-electron chi connectivity index (χ0n) is 9.00. The number of hydrogen-bond donors (Lipinski definition) is 1. The van der Waals surface area contributed by atoms with Gasteiger partial charge in [0, 0.05) is 0 Å². The van der Waals surface area contributed by atoms with Crippen molar-refractivity contribution in [3.05, 3.63) is 12.2 Å². The maximum atomic E-state index is 10.6. The van der Waals surface area contributed by atoms with Gasteiger partial charge in [0.2, 0.25) is 0 Å². The van der Waals surface area contributed by atoms with Gasteiger partial charge in [-0.15, -0.1) is 0 Å². The molecule has 3 rings (SSSR count). The minimum atomic E-state index is -0.490. The van der Waals surface area contributed by atoms with Gasteiger partial charge in [-0.25, -0.2) is 0 Å². The lowest BCUT2D eigenvalue weighted by Gasteiger charge is -2.39. The second-order valence-corrected chi connectivity index (χ2v) is 5.77. The smallest absolute Gasteiger partial charge is 0.0885 e. The first-order valence-corrected chi connectivity index (χ1v) is 6.01. The number of rotatable bonds is 1. The van der Waals surface area contributed by atoms with Crippen LogP contribution in [0, 0.1) is 23.7 Å². The summed E-state index contributed by atoms with van der Waals surface area (Å²) in [6, 6.07) is 0. The summed E-state index contributed by atoms with van der Waals surface area (Å²) < 4.78 is 0. The van der Waals surface area contributed by atoms with E-state index in [4.69, 9.17) is 0 Å². The molecular formula is C13H20O. The van der Waals surface area contributed by atoms with E-state index < -0.39 is 5.60 Å². The van der Waals surface area contributed by atoms with Crippen LogP contribution in [0.1, 0.15) is 39.0 Å². The Morgan fingerprint density at radius 2 is 2.07 bits per heavy atom. The Balaban J connectivity index is 1.93. The lowest BCUT2D eigenvalue weighted by molar-refractivity contribution is -0.0138. The molecule has 2 bridgehead atoms. The molecule has 3 aliphatic carbocycles. The highest BCUT2D eigenvalue weighted by molar-refractivity contribution is 5.22. The summed E-state index contributed by atoms with van der Waals surface area (Å²) in [5, 5.41) is 10.6. The molecule has 1 N–H and O–H groups in total. The van der Waals surface area contributed by atoms with Gasteiger partial charge < -0.3 is 5.11 Å². The first kappa shape index (κ1) is 8.96. The summed E-state index contributed by atoms with van der Waals surface area (Å²) in [6.45, 7) is 6.00. The molecule has 1 heteroatoms. The summed E-state index contributed by atoms with van der Waals surface area (Å²) in [5.74, 6) is 3.15. The molecule has 0 amide bonds. The average molecular weight is 192 g/mol. The van der Waals surface area contributed by atoms with Gasteiger partial charge in [-0.3, -0.25) is 0 Å². The van der Waals surface area contributed by atoms with Crippen molar-refractivity contribution >= 4 is 0 Å². The first-order chi connectivity index (χ1) is 6.63. The van der Waals surface area contributed by atoms with Crippen LogP contribution in [0.25, 0.3) is 0 Å². The van der Waals surface area contributed by atoms with E-state index in [1.54, 1.807) is 0 Å². The van der Waals surface area contributed by atoms with Gasteiger partial charge >= 0.3 is 0 Å². The van der Waals surface area contributed by atoms with Gasteiger partial charge in [0.05, 0.1) is 5.60 Å². The van der Waals surface area contributed by atoms with Crippen LogP contribution in [0.3, 0.4) is 0 Å². The van der Waals surface area contributed by atoms with Crippen molar-refractivity contribution in [1.82, 2.24) is 0 Å². The molecule has 5 atom stereocenters.